The van der Waals surface area contributed by atoms with Crippen LogP contribution in [0.5, 0.6) is 0 Å². The number of esters is 1. The lowest BCUT2D eigenvalue weighted by Gasteiger charge is -1.91. The predicted octanol–water partition coefficient (Wildman–Crippen LogP) is 1.39. The fourth-order valence-corrected chi connectivity index (χ4v) is 0.645. The van der Waals surface area contributed by atoms with E-state index in [0.29, 0.717) is 5.76 Å². The third kappa shape index (κ3) is 1.42. The number of carbonyl (C=O) groups is 1. The van der Waals surface area contributed by atoms with Crippen LogP contribution in [0.1, 0.15) is 13.3 Å². The molecule has 0 aliphatic carbocycles. The summed E-state index contributed by atoms with van der Waals surface area (Å²) in [5, 5.41) is 0. The molecule has 0 unspecified atom stereocenters. The van der Waals surface area contributed by atoms with Gasteiger partial charge in [-0.15, -0.1) is 0 Å². The number of hydrogen-bond donors (Lipinski definition) is 0. The number of hydrogen-bond acceptors (Lipinski definition) is 2. The summed E-state index contributed by atoms with van der Waals surface area (Å²) in [4.78, 5) is 10.4. The Hall–Kier alpha value is -1.05. The van der Waals surface area contributed by atoms with Crippen LogP contribution in [0.25, 0.3) is 0 Å². The molecule has 1 aliphatic heterocycles. The average Bonchev–Trinajstić information content (AvgIpc) is 2.17. The Morgan fingerprint density at radius 3 is 2.89 bits per heavy atom. The average molecular weight is 124 g/mol. The van der Waals surface area contributed by atoms with Gasteiger partial charge in [0, 0.05) is 6.08 Å². The standard InChI is InChI=1S/C7H8O2/c1-2-3-6-4-5-7(8)9-6/h3-5H,2H2,1H3/b6-3-. The number of allylic oxidation sites excluding steroid dienone is 2. The normalized spacial score (nSPS) is 21.0. The van der Waals surface area contributed by atoms with Gasteiger partial charge in [-0.3, -0.25) is 0 Å². The van der Waals surface area contributed by atoms with E-state index in [4.69, 9.17) is 4.74 Å². The maximum Gasteiger partial charge on any atom is 0.336 e. The van der Waals surface area contributed by atoms with E-state index >= 15 is 0 Å². The van der Waals surface area contributed by atoms with Crippen molar-refractivity contribution in [2.45, 2.75) is 13.3 Å². The Bertz CT molecular complexity index is 177. The molecule has 0 amide bonds. The predicted molar refractivity (Wildman–Crippen MR) is 33.6 cm³/mol. The van der Waals surface area contributed by atoms with Gasteiger partial charge in [0.05, 0.1) is 0 Å². The van der Waals surface area contributed by atoms with Crippen molar-refractivity contribution in [2.75, 3.05) is 0 Å². The SMILES string of the molecule is CC/C=C1/C=CC(=O)O1. The van der Waals surface area contributed by atoms with Crippen molar-refractivity contribution in [3.05, 3.63) is 24.0 Å². The monoisotopic (exact) mass is 124 g/mol. The van der Waals surface area contributed by atoms with Crippen LogP contribution in [0, 0.1) is 0 Å². The minimum atomic E-state index is -0.269. The molecule has 0 aromatic rings. The molecular formula is C7H8O2. The molecule has 0 saturated heterocycles. The second-order valence-corrected chi connectivity index (χ2v) is 1.77. The molecule has 0 aromatic heterocycles. The van der Waals surface area contributed by atoms with Gasteiger partial charge in [0.15, 0.2) is 0 Å². The van der Waals surface area contributed by atoms with E-state index in [9.17, 15) is 4.79 Å². The molecule has 2 heteroatoms. The topological polar surface area (TPSA) is 26.3 Å². The van der Waals surface area contributed by atoms with Crippen molar-refractivity contribution in [1.29, 1.82) is 0 Å². The first kappa shape index (κ1) is 6.08. The van der Waals surface area contributed by atoms with Gasteiger partial charge in [-0.1, -0.05) is 6.92 Å². The van der Waals surface area contributed by atoms with Crippen molar-refractivity contribution in [2.24, 2.45) is 0 Å². The third-order valence-electron chi connectivity index (χ3n) is 1.01. The van der Waals surface area contributed by atoms with Crippen LogP contribution in [0.4, 0.5) is 0 Å². The largest absolute Gasteiger partial charge is 0.424 e. The molecule has 1 heterocycles. The summed E-state index contributed by atoms with van der Waals surface area (Å²) in [7, 11) is 0. The highest BCUT2D eigenvalue weighted by molar-refractivity contribution is 5.86. The van der Waals surface area contributed by atoms with Gasteiger partial charge in [-0.25, -0.2) is 4.79 Å². The number of ether oxygens (including phenoxy) is 1. The van der Waals surface area contributed by atoms with Gasteiger partial charge >= 0.3 is 5.97 Å². The van der Waals surface area contributed by atoms with Crippen molar-refractivity contribution in [1.82, 2.24) is 0 Å². The minimum absolute atomic E-state index is 0.269. The summed E-state index contributed by atoms with van der Waals surface area (Å²) in [6, 6.07) is 0. The molecule has 0 fully saturated rings. The lowest BCUT2D eigenvalue weighted by atomic mass is 10.4. The van der Waals surface area contributed by atoms with E-state index in [0.717, 1.165) is 6.42 Å². The van der Waals surface area contributed by atoms with Gasteiger partial charge in [-0.2, -0.15) is 0 Å². The highest BCUT2D eigenvalue weighted by Gasteiger charge is 2.06. The van der Waals surface area contributed by atoms with E-state index in [-0.39, 0.29) is 5.97 Å². The summed E-state index contributed by atoms with van der Waals surface area (Å²) in [5.74, 6) is 0.400. The quantitative estimate of drug-likeness (QED) is 0.494. The van der Waals surface area contributed by atoms with E-state index < -0.39 is 0 Å². The zero-order valence-corrected chi connectivity index (χ0v) is 5.26. The van der Waals surface area contributed by atoms with Crippen LogP contribution in [0.15, 0.2) is 24.0 Å². The Kier molecular flexibility index (Phi) is 1.68. The van der Waals surface area contributed by atoms with Crippen LogP contribution in [0.2, 0.25) is 0 Å². The van der Waals surface area contributed by atoms with Crippen molar-refractivity contribution in [3.8, 4) is 0 Å². The van der Waals surface area contributed by atoms with Gasteiger partial charge in [0.1, 0.15) is 5.76 Å². The molecule has 0 saturated carbocycles. The highest BCUT2D eigenvalue weighted by Crippen LogP contribution is 2.08. The fraction of sp³-hybridized carbons (Fsp3) is 0.286. The van der Waals surface area contributed by atoms with E-state index in [1.165, 1.54) is 6.08 Å². The molecule has 0 radical (unpaired) electrons. The molecule has 1 aliphatic rings. The summed E-state index contributed by atoms with van der Waals surface area (Å²) in [6.45, 7) is 1.99. The zero-order valence-electron chi connectivity index (χ0n) is 5.26. The molecule has 0 aromatic carbocycles. The minimum Gasteiger partial charge on any atom is -0.424 e. The second-order valence-electron chi connectivity index (χ2n) is 1.77. The number of cyclic esters (lactones) is 1. The van der Waals surface area contributed by atoms with Crippen LogP contribution in [-0.2, 0) is 9.53 Å². The Morgan fingerprint density at radius 2 is 2.44 bits per heavy atom. The first-order valence-corrected chi connectivity index (χ1v) is 2.93. The van der Waals surface area contributed by atoms with Crippen LogP contribution in [0.3, 0.4) is 0 Å². The molecule has 0 bridgehead atoms. The third-order valence-corrected chi connectivity index (χ3v) is 1.01. The number of rotatable bonds is 1. The molecule has 48 valence electrons. The van der Waals surface area contributed by atoms with Crippen molar-refractivity contribution in [3.63, 3.8) is 0 Å². The fourth-order valence-electron chi connectivity index (χ4n) is 0.645. The first-order valence-electron chi connectivity index (χ1n) is 2.93. The second kappa shape index (κ2) is 2.49. The molecule has 1 rings (SSSR count). The summed E-state index contributed by atoms with van der Waals surface area (Å²) in [6.07, 6.45) is 5.85. The molecule has 0 spiro atoms. The van der Waals surface area contributed by atoms with Crippen molar-refractivity contribution >= 4 is 5.97 Å². The van der Waals surface area contributed by atoms with Gasteiger partial charge in [0.25, 0.3) is 0 Å². The maximum absolute atomic E-state index is 10.4. The lowest BCUT2D eigenvalue weighted by molar-refractivity contribution is -0.132. The molecule has 9 heavy (non-hydrogen) atoms. The summed E-state index contributed by atoms with van der Waals surface area (Å²) >= 11 is 0. The lowest BCUT2D eigenvalue weighted by Crippen LogP contribution is -1.89. The molecule has 2 nitrogen and oxygen atoms in total. The Labute approximate surface area is 53.8 Å². The molecule has 0 atom stereocenters. The van der Waals surface area contributed by atoms with Crippen LogP contribution in [-0.4, -0.2) is 5.97 Å². The van der Waals surface area contributed by atoms with Crippen LogP contribution >= 0.6 is 0 Å². The van der Waals surface area contributed by atoms with Crippen LogP contribution < -0.4 is 0 Å². The van der Waals surface area contributed by atoms with Gasteiger partial charge in [-0.05, 0) is 18.6 Å². The summed E-state index contributed by atoms with van der Waals surface area (Å²) in [5.41, 5.74) is 0. The Balaban J connectivity index is 2.60. The Morgan fingerprint density at radius 1 is 1.67 bits per heavy atom. The van der Waals surface area contributed by atoms with Crippen molar-refractivity contribution < 1.29 is 9.53 Å². The van der Waals surface area contributed by atoms with Gasteiger partial charge in [0.2, 0.25) is 0 Å². The maximum atomic E-state index is 10.4. The highest BCUT2D eigenvalue weighted by atomic mass is 16.5. The number of carbonyl (C=O) groups excluding carboxylic acids is 1. The van der Waals surface area contributed by atoms with E-state index in [1.807, 2.05) is 13.0 Å². The summed E-state index contributed by atoms with van der Waals surface area (Å²) < 4.78 is 4.71. The molecule has 0 N–H and O–H groups in total. The van der Waals surface area contributed by atoms with Gasteiger partial charge < -0.3 is 4.74 Å². The van der Waals surface area contributed by atoms with E-state index in [2.05, 4.69) is 0 Å². The molecular weight excluding hydrogens is 116 g/mol. The zero-order chi connectivity index (χ0) is 6.69. The first-order chi connectivity index (χ1) is 4.33. The smallest absolute Gasteiger partial charge is 0.336 e. The van der Waals surface area contributed by atoms with E-state index in [1.54, 1.807) is 6.08 Å².